The average molecular weight is 293 g/mol. The van der Waals surface area contributed by atoms with Gasteiger partial charge in [0.25, 0.3) is 0 Å². The minimum Gasteiger partial charge on any atom is -0.433 e. The largest absolute Gasteiger partial charge is 0.433 e. The van der Waals surface area contributed by atoms with Crippen molar-refractivity contribution in [1.29, 1.82) is 0 Å². The number of carbonyl (C=O) groups is 1. The van der Waals surface area contributed by atoms with Crippen molar-refractivity contribution in [1.82, 2.24) is 10.3 Å². The molecule has 0 saturated heterocycles. The van der Waals surface area contributed by atoms with Crippen LogP contribution in [0.4, 0.5) is 19.3 Å². The number of aromatic nitrogens is 1. The maximum atomic E-state index is 12.2. The Hall–Kier alpha value is -2.70. The number of urea groups is 1. The van der Waals surface area contributed by atoms with Crippen molar-refractivity contribution >= 4 is 11.7 Å². The molecule has 1 heterocycles. The highest BCUT2D eigenvalue weighted by atomic mass is 19.3. The first kappa shape index (κ1) is 14.7. The molecule has 0 saturated carbocycles. The summed E-state index contributed by atoms with van der Waals surface area (Å²) in [6.45, 7) is -2.68. The quantitative estimate of drug-likeness (QED) is 0.890. The third kappa shape index (κ3) is 4.72. The second-order valence-corrected chi connectivity index (χ2v) is 4.04. The summed E-state index contributed by atoms with van der Waals surface area (Å²) < 4.78 is 28.8. The van der Waals surface area contributed by atoms with Crippen LogP contribution >= 0.6 is 0 Å². The zero-order chi connectivity index (χ0) is 15.1. The summed E-state index contributed by atoms with van der Waals surface area (Å²) in [5.74, 6) is -0.0935. The van der Waals surface area contributed by atoms with Gasteiger partial charge in [0.2, 0.25) is 0 Å². The first-order chi connectivity index (χ1) is 10.1. The van der Waals surface area contributed by atoms with Crippen molar-refractivity contribution in [2.24, 2.45) is 0 Å². The van der Waals surface area contributed by atoms with Crippen LogP contribution in [0.25, 0.3) is 0 Å². The Bertz CT molecular complexity index is 594. The van der Waals surface area contributed by atoms with Crippen LogP contribution in [0.15, 0.2) is 48.8 Å². The van der Waals surface area contributed by atoms with Crippen LogP contribution in [0.2, 0.25) is 0 Å². The van der Waals surface area contributed by atoms with Gasteiger partial charge in [-0.2, -0.15) is 8.78 Å². The number of alkyl halides is 2. The molecule has 0 radical (unpaired) electrons. The normalized spacial score (nSPS) is 10.2. The van der Waals surface area contributed by atoms with Gasteiger partial charge in [0, 0.05) is 18.9 Å². The predicted molar refractivity (Wildman–Crippen MR) is 73.2 cm³/mol. The number of ether oxygens (including phenoxy) is 1. The topological polar surface area (TPSA) is 63.2 Å². The van der Waals surface area contributed by atoms with Crippen LogP contribution in [0.3, 0.4) is 0 Å². The number of halogens is 2. The molecule has 0 unspecified atom stereocenters. The highest BCUT2D eigenvalue weighted by Crippen LogP contribution is 2.25. The van der Waals surface area contributed by atoms with E-state index < -0.39 is 12.6 Å². The highest BCUT2D eigenvalue weighted by molar-refractivity contribution is 5.90. The molecule has 21 heavy (non-hydrogen) atoms. The number of amides is 2. The van der Waals surface area contributed by atoms with Crippen LogP contribution in [0.5, 0.6) is 5.75 Å². The molecule has 1 aromatic heterocycles. The van der Waals surface area contributed by atoms with Crippen LogP contribution < -0.4 is 15.4 Å². The monoisotopic (exact) mass is 293 g/mol. The average Bonchev–Trinajstić information content (AvgIpc) is 2.48. The standard InChI is InChI=1S/C14H13F2N3O2/c15-13(16)21-12-6-2-1-5-11(12)19-14(20)18-9-10-4-3-7-17-8-10/h1-8,13H,9H2,(H2,18,19,20). The Morgan fingerprint density at radius 2 is 2.05 bits per heavy atom. The lowest BCUT2D eigenvalue weighted by Crippen LogP contribution is -2.28. The lowest BCUT2D eigenvalue weighted by atomic mass is 10.3. The minimum absolute atomic E-state index is 0.0935. The third-order valence-electron chi connectivity index (χ3n) is 2.53. The zero-order valence-corrected chi connectivity index (χ0v) is 10.9. The molecule has 0 bridgehead atoms. The van der Waals surface area contributed by atoms with Gasteiger partial charge in [0.1, 0.15) is 5.75 Å². The van der Waals surface area contributed by atoms with Crippen LogP contribution in [-0.4, -0.2) is 17.6 Å². The number of nitrogens with zero attached hydrogens (tertiary/aromatic N) is 1. The van der Waals surface area contributed by atoms with E-state index in [1.165, 1.54) is 18.2 Å². The van der Waals surface area contributed by atoms with Crippen LogP contribution in [0, 0.1) is 0 Å². The van der Waals surface area contributed by atoms with Crippen molar-refractivity contribution < 1.29 is 18.3 Å². The van der Waals surface area contributed by atoms with Gasteiger partial charge in [-0.3, -0.25) is 4.98 Å². The number of anilines is 1. The van der Waals surface area contributed by atoms with E-state index in [1.807, 2.05) is 0 Å². The number of rotatable bonds is 5. The molecule has 0 aliphatic rings. The van der Waals surface area contributed by atoms with Crippen LogP contribution in [-0.2, 0) is 6.54 Å². The lowest BCUT2D eigenvalue weighted by Gasteiger charge is -2.12. The molecule has 5 nitrogen and oxygen atoms in total. The summed E-state index contributed by atoms with van der Waals surface area (Å²) >= 11 is 0. The Kier molecular flexibility index (Phi) is 5.03. The fourth-order valence-electron chi connectivity index (χ4n) is 1.62. The first-order valence-corrected chi connectivity index (χ1v) is 6.13. The molecule has 7 heteroatoms. The lowest BCUT2D eigenvalue weighted by molar-refractivity contribution is -0.0493. The van der Waals surface area contributed by atoms with Crippen molar-refractivity contribution in [3.05, 3.63) is 54.4 Å². The summed E-state index contributed by atoms with van der Waals surface area (Å²) in [5, 5.41) is 5.05. The molecule has 2 amide bonds. The van der Waals surface area contributed by atoms with Gasteiger partial charge in [0.05, 0.1) is 5.69 Å². The second-order valence-electron chi connectivity index (χ2n) is 4.04. The zero-order valence-electron chi connectivity index (χ0n) is 10.9. The fourth-order valence-corrected chi connectivity index (χ4v) is 1.62. The SMILES string of the molecule is O=C(NCc1cccnc1)Nc1ccccc1OC(F)F. The summed E-state index contributed by atoms with van der Waals surface area (Å²) in [6.07, 6.45) is 3.25. The van der Waals surface area contributed by atoms with Crippen molar-refractivity contribution in [2.45, 2.75) is 13.2 Å². The fraction of sp³-hybridized carbons (Fsp3) is 0.143. The van der Waals surface area contributed by atoms with Crippen molar-refractivity contribution in [2.75, 3.05) is 5.32 Å². The molecule has 2 rings (SSSR count). The molecule has 1 aromatic carbocycles. The number of hydrogen-bond acceptors (Lipinski definition) is 3. The number of hydrogen-bond donors (Lipinski definition) is 2. The number of benzene rings is 1. The Labute approximate surface area is 120 Å². The predicted octanol–water partition coefficient (Wildman–Crippen LogP) is 3.00. The van der Waals surface area contributed by atoms with E-state index in [-0.39, 0.29) is 18.0 Å². The maximum Gasteiger partial charge on any atom is 0.387 e. The molecule has 0 atom stereocenters. The Morgan fingerprint density at radius 1 is 1.24 bits per heavy atom. The van der Waals surface area contributed by atoms with Gasteiger partial charge < -0.3 is 15.4 Å². The molecule has 110 valence electrons. The number of carbonyl (C=O) groups excluding carboxylic acids is 1. The van der Waals surface area contributed by atoms with Gasteiger partial charge in [-0.05, 0) is 23.8 Å². The summed E-state index contributed by atoms with van der Waals surface area (Å²) in [4.78, 5) is 15.7. The van der Waals surface area contributed by atoms with E-state index >= 15 is 0 Å². The van der Waals surface area contributed by atoms with E-state index in [2.05, 4.69) is 20.4 Å². The number of pyridine rings is 1. The maximum absolute atomic E-state index is 12.2. The molecule has 0 spiro atoms. The van der Waals surface area contributed by atoms with Crippen LogP contribution in [0.1, 0.15) is 5.56 Å². The molecule has 2 N–H and O–H groups in total. The van der Waals surface area contributed by atoms with Crippen molar-refractivity contribution in [3.8, 4) is 5.75 Å². The van der Waals surface area contributed by atoms with E-state index in [0.29, 0.717) is 0 Å². The molecule has 0 aliphatic carbocycles. The Morgan fingerprint density at radius 3 is 2.76 bits per heavy atom. The third-order valence-corrected chi connectivity index (χ3v) is 2.53. The van der Waals surface area contributed by atoms with Gasteiger partial charge in [-0.1, -0.05) is 18.2 Å². The molecular weight excluding hydrogens is 280 g/mol. The van der Waals surface area contributed by atoms with Gasteiger partial charge in [-0.25, -0.2) is 4.79 Å². The summed E-state index contributed by atoms with van der Waals surface area (Å²) in [6, 6.07) is 9.00. The van der Waals surface area contributed by atoms with Gasteiger partial charge in [0.15, 0.2) is 0 Å². The first-order valence-electron chi connectivity index (χ1n) is 6.13. The highest BCUT2D eigenvalue weighted by Gasteiger charge is 2.11. The van der Waals surface area contributed by atoms with E-state index in [1.54, 1.807) is 30.6 Å². The van der Waals surface area contributed by atoms with E-state index in [0.717, 1.165) is 5.56 Å². The summed E-state index contributed by atoms with van der Waals surface area (Å²) in [5.41, 5.74) is 0.992. The Balaban J connectivity index is 1.93. The van der Waals surface area contributed by atoms with Gasteiger partial charge in [-0.15, -0.1) is 0 Å². The molecule has 0 aliphatic heterocycles. The molecule has 2 aromatic rings. The number of para-hydroxylation sites is 2. The van der Waals surface area contributed by atoms with Crippen molar-refractivity contribution in [3.63, 3.8) is 0 Å². The van der Waals surface area contributed by atoms with E-state index in [9.17, 15) is 13.6 Å². The minimum atomic E-state index is -2.95. The molecule has 0 fully saturated rings. The summed E-state index contributed by atoms with van der Waals surface area (Å²) in [7, 11) is 0. The molecular formula is C14H13F2N3O2. The smallest absolute Gasteiger partial charge is 0.387 e. The van der Waals surface area contributed by atoms with Gasteiger partial charge >= 0.3 is 12.6 Å². The second kappa shape index (κ2) is 7.18. The van der Waals surface area contributed by atoms with E-state index in [4.69, 9.17) is 0 Å². The number of nitrogens with one attached hydrogen (secondary N) is 2.